The van der Waals surface area contributed by atoms with Crippen LogP contribution in [-0.2, 0) is 9.78 Å². The van der Waals surface area contributed by atoms with Crippen molar-refractivity contribution in [3.05, 3.63) is 24.7 Å². The van der Waals surface area contributed by atoms with Crippen LogP contribution >= 0.6 is 0 Å². The highest BCUT2D eigenvalue weighted by molar-refractivity contribution is 4.94. The van der Waals surface area contributed by atoms with Gasteiger partial charge in [0.1, 0.15) is 11.5 Å². The van der Waals surface area contributed by atoms with Crippen molar-refractivity contribution >= 4 is 0 Å². The Labute approximate surface area is 235 Å². The lowest BCUT2D eigenvalue weighted by atomic mass is 9.55. The van der Waals surface area contributed by atoms with Crippen molar-refractivity contribution < 1.29 is 20.3 Å². The Hall–Kier alpha value is -1.00. The Kier molecular flexibility index (Phi) is 17.4. The summed E-state index contributed by atoms with van der Waals surface area (Å²) in [6.07, 6.45) is 28.5. The van der Waals surface area contributed by atoms with Crippen molar-refractivity contribution in [2.45, 2.75) is 155 Å². The smallest absolute Gasteiger partial charge is 0.135 e. The van der Waals surface area contributed by atoms with E-state index in [0.717, 1.165) is 61.2 Å². The van der Waals surface area contributed by atoms with E-state index >= 15 is 0 Å². The predicted octanol–water partition coefficient (Wildman–Crippen LogP) is 11.3. The molecule has 2 N–H and O–H groups in total. The van der Waals surface area contributed by atoms with Crippen LogP contribution in [0.2, 0.25) is 0 Å². The molecular formula is C34H62O4. The van der Waals surface area contributed by atoms with Crippen molar-refractivity contribution in [1.29, 1.82) is 0 Å². The number of fused-ring (bicyclic) bond motifs is 1. The van der Waals surface area contributed by atoms with E-state index in [1.807, 2.05) is 0 Å². The van der Waals surface area contributed by atoms with Gasteiger partial charge in [-0.05, 0) is 80.5 Å². The van der Waals surface area contributed by atoms with Gasteiger partial charge in [0, 0.05) is 12.8 Å². The Morgan fingerprint density at radius 1 is 0.632 bits per heavy atom. The Bertz CT molecular complexity index is 632. The maximum atomic E-state index is 8.71. The van der Waals surface area contributed by atoms with E-state index in [2.05, 4.69) is 36.8 Å². The molecule has 4 nitrogen and oxygen atoms in total. The van der Waals surface area contributed by atoms with E-state index in [0.29, 0.717) is 11.5 Å². The van der Waals surface area contributed by atoms with Crippen molar-refractivity contribution in [2.75, 3.05) is 0 Å². The molecule has 4 heteroatoms. The Morgan fingerprint density at radius 2 is 1.18 bits per heavy atom. The quantitative estimate of drug-likeness (QED) is 0.0627. The number of rotatable bonds is 22. The largest absolute Gasteiger partial charge is 0.345 e. The van der Waals surface area contributed by atoms with E-state index in [1.165, 1.54) is 116 Å². The number of hydrogen-bond donors (Lipinski definition) is 2. The number of unbranched alkanes of at least 4 members (excludes halogenated alkanes) is 9. The van der Waals surface area contributed by atoms with Crippen LogP contribution in [0, 0.1) is 35.5 Å². The molecule has 0 aromatic carbocycles. The molecular weight excluding hydrogens is 472 g/mol. The van der Waals surface area contributed by atoms with Gasteiger partial charge in [0.25, 0.3) is 0 Å². The van der Waals surface area contributed by atoms with Crippen LogP contribution in [0.3, 0.4) is 0 Å². The van der Waals surface area contributed by atoms with Crippen LogP contribution in [-0.4, -0.2) is 10.5 Å². The van der Waals surface area contributed by atoms with E-state index < -0.39 is 0 Å². The first-order chi connectivity index (χ1) is 18.5. The molecule has 222 valence electrons. The first-order valence-corrected chi connectivity index (χ1v) is 16.5. The molecule has 0 aromatic heterocycles. The van der Waals surface area contributed by atoms with Crippen molar-refractivity contribution in [3.63, 3.8) is 0 Å². The summed E-state index contributed by atoms with van der Waals surface area (Å²) in [7, 11) is 0. The third kappa shape index (κ3) is 12.0. The van der Waals surface area contributed by atoms with Gasteiger partial charge in [0.15, 0.2) is 0 Å². The Balaban J connectivity index is 1.90. The van der Waals surface area contributed by atoms with E-state index in [9.17, 15) is 0 Å². The molecule has 2 rings (SSSR count). The van der Waals surface area contributed by atoms with Gasteiger partial charge < -0.3 is 9.78 Å². The molecule has 0 spiro atoms. The topological polar surface area (TPSA) is 58.9 Å². The zero-order valence-electron chi connectivity index (χ0n) is 25.1. The van der Waals surface area contributed by atoms with Crippen LogP contribution in [0.5, 0.6) is 0 Å². The van der Waals surface area contributed by atoms with Gasteiger partial charge in [-0.2, -0.15) is 0 Å². The molecule has 0 aromatic rings. The van der Waals surface area contributed by atoms with Crippen LogP contribution in [0.1, 0.15) is 155 Å². The zero-order chi connectivity index (χ0) is 27.6. The van der Waals surface area contributed by atoms with Gasteiger partial charge in [-0.1, -0.05) is 110 Å². The fourth-order valence-electron chi connectivity index (χ4n) is 8.06. The van der Waals surface area contributed by atoms with E-state index in [-0.39, 0.29) is 0 Å². The maximum absolute atomic E-state index is 8.71. The minimum Gasteiger partial charge on any atom is -0.345 e. The summed E-state index contributed by atoms with van der Waals surface area (Å²) in [5, 5.41) is 17.4. The molecule has 2 saturated carbocycles. The lowest BCUT2D eigenvalue weighted by Crippen LogP contribution is -2.41. The first-order valence-electron chi connectivity index (χ1n) is 16.5. The van der Waals surface area contributed by atoms with Gasteiger partial charge >= 0.3 is 0 Å². The second-order valence-electron chi connectivity index (χ2n) is 12.8. The zero-order valence-corrected chi connectivity index (χ0v) is 25.1. The highest BCUT2D eigenvalue weighted by Gasteiger charge is 2.44. The molecule has 0 bridgehead atoms. The first kappa shape index (κ1) is 33.2. The average Bonchev–Trinajstić information content (AvgIpc) is 2.94. The SMILES string of the molecule is C=C(CCCCCCC1CCC2CC(CCCCCC)C(CC)CC2C1CCCCCCC(=C)OO)OO. The Morgan fingerprint density at radius 3 is 1.76 bits per heavy atom. The summed E-state index contributed by atoms with van der Waals surface area (Å²) < 4.78 is 0. The molecule has 0 heterocycles. The van der Waals surface area contributed by atoms with Crippen LogP contribution in [0.25, 0.3) is 0 Å². The molecule has 38 heavy (non-hydrogen) atoms. The highest BCUT2D eigenvalue weighted by Crippen LogP contribution is 2.53. The summed E-state index contributed by atoms with van der Waals surface area (Å²) in [5.74, 6) is 6.67. The monoisotopic (exact) mass is 534 g/mol. The van der Waals surface area contributed by atoms with Crippen molar-refractivity contribution in [3.8, 4) is 0 Å². The minimum absolute atomic E-state index is 0.489. The fraction of sp³-hybridized carbons (Fsp3) is 0.882. The maximum Gasteiger partial charge on any atom is 0.135 e. The van der Waals surface area contributed by atoms with Crippen LogP contribution in [0.4, 0.5) is 0 Å². The lowest BCUT2D eigenvalue weighted by Gasteiger charge is -2.51. The molecule has 0 aliphatic heterocycles. The number of allylic oxidation sites excluding steroid dienone is 2. The summed E-state index contributed by atoms with van der Waals surface area (Å²) in [4.78, 5) is 8.49. The number of hydrogen-bond acceptors (Lipinski definition) is 4. The standard InChI is InChI=1S/C34H62O4/c1-5-7-8-15-21-31-25-32-24-23-30(20-16-11-9-13-18-27(3)37-35)33(34(32)26-29(31)6-2)22-17-12-10-14-19-28(4)38-36/h29-36H,3-26H2,1-2H3. The molecule has 0 saturated heterocycles. The average molecular weight is 535 g/mol. The van der Waals surface area contributed by atoms with E-state index in [4.69, 9.17) is 10.5 Å². The van der Waals surface area contributed by atoms with Gasteiger partial charge in [-0.25, -0.2) is 10.5 Å². The summed E-state index contributed by atoms with van der Waals surface area (Å²) >= 11 is 0. The molecule has 6 atom stereocenters. The highest BCUT2D eigenvalue weighted by atomic mass is 17.1. The summed E-state index contributed by atoms with van der Waals surface area (Å²) in [6.45, 7) is 12.2. The minimum atomic E-state index is 0.489. The molecule has 6 unspecified atom stereocenters. The third-order valence-electron chi connectivity index (χ3n) is 10.3. The molecule has 2 aliphatic carbocycles. The second-order valence-corrected chi connectivity index (χ2v) is 12.8. The van der Waals surface area contributed by atoms with Crippen molar-refractivity contribution in [2.24, 2.45) is 35.5 Å². The summed E-state index contributed by atoms with van der Waals surface area (Å²) in [5.41, 5.74) is 0. The van der Waals surface area contributed by atoms with Gasteiger partial charge in [0.2, 0.25) is 0 Å². The van der Waals surface area contributed by atoms with Gasteiger partial charge in [0.05, 0.1) is 0 Å². The third-order valence-corrected chi connectivity index (χ3v) is 10.3. The molecule has 0 radical (unpaired) electrons. The van der Waals surface area contributed by atoms with Gasteiger partial charge in [-0.15, -0.1) is 0 Å². The molecule has 2 fully saturated rings. The summed E-state index contributed by atoms with van der Waals surface area (Å²) in [6, 6.07) is 0. The van der Waals surface area contributed by atoms with E-state index in [1.54, 1.807) is 0 Å². The molecule has 2 aliphatic rings. The van der Waals surface area contributed by atoms with Gasteiger partial charge in [-0.3, -0.25) is 0 Å². The molecule has 0 amide bonds. The van der Waals surface area contributed by atoms with Crippen molar-refractivity contribution in [1.82, 2.24) is 0 Å². The lowest BCUT2D eigenvalue weighted by molar-refractivity contribution is -0.205. The normalized spacial score (nSPS) is 27.1. The fourth-order valence-corrected chi connectivity index (χ4v) is 8.06. The second kappa shape index (κ2) is 20.0. The predicted molar refractivity (Wildman–Crippen MR) is 160 cm³/mol. The van der Waals surface area contributed by atoms with Crippen LogP contribution < -0.4 is 0 Å². The van der Waals surface area contributed by atoms with Crippen LogP contribution in [0.15, 0.2) is 24.7 Å².